The average molecular weight is 218 g/mol. The Bertz CT molecular complexity index is 503. The van der Waals surface area contributed by atoms with E-state index in [9.17, 15) is 9.18 Å². The van der Waals surface area contributed by atoms with Gasteiger partial charge in [-0.05, 0) is 18.2 Å². The van der Waals surface area contributed by atoms with Crippen LogP contribution >= 0.6 is 0 Å². The van der Waals surface area contributed by atoms with Crippen LogP contribution in [0.3, 0.4) is 0 Å². The van der Waals surface area contributed by atoms with E-state index < -0.39 is 11.9 Å². The molecule has 80 valence electrons. The number of amides is 1. The van der Waals surface area contributed by atoms with Crippen LogP contribution in [0.15, 0.2) is 36.7 Å². The van der Waals surface area contributed by atoms with E-state index in [4.69, 9.17) is 0 Å². The normalized spacial score (nSPS) is 9.81. The van der Waals surface area contributed by atoms with E-state index in [0.29, 0.717) is 0 Å². The van der Waals surface area contributed by atoms with Crippen LogP contribution in [0.2, 0.25) is 0 Å². The van der Waals surface area contributed by atoms with Crippen molar-refractivity contribution >= 4 is 11.9 Å². The minimum Gasteiger partial charge on any atom is -0.289 e. The summed E-state index contributed by atoms with van der Waals surface area (Å²) in [5.74, 6) is -1.11. The second-order valence-electron chi connectivity index (χ2n) is 2.87. The van der Waals surface area contributed by atoms with E-state index in [1.54, 1.807) is 6.07 Å². The highest BCUT2D eigenvalue weighted by Gasteiger charge is 2.09. The maximum Gasteiger partial charge on any atom is 0.276 e. The van der Waals surface area contributed by atoms with Crippen molar-refractivity contribution in [3.05, 3.63) is 48.3 Å². The van der Waals surface area contributed by atoms with Gasteiger partial charge >= 0.3 is 0 Å². The van der Waals surface area contributed by atoms with Crippen molar-refractivity contribution in [3.8, 4) is 0 Å². The van der Waals surface area contributed by atoms with Crippen molar-refractivity contribution in [2.75, 3.05) is 5.32 Å². The lowest BCUT2D eigenvalue weighted by Crippen LogP contribution is -2.15. The largest absolute Gasteiger partial charge is 0.289 e. The first kappa shape index (κ1) is 10.2. The first-order chi connectivity index (χ1) is 7.75. The number of nitrogens with zero attached hydrogens (tertiary/aromatic N) is 3. The molecule has 0 aliphatic heterocycles. The third-order valence-electron chi connectivity index (χ3n) is 1.74. The number of aromatic nitrogens is 3. The van der Waals surface area contributed by atoms with Gasteiger partial charge in [-0.3, -0.25) is 10.1 Å². The topological polar surface area (TPSA) is 67.8 Å². The number of halogens is 1. The predicted octanol–water partition coefficient (Wildman–Crippen LogP) is 1.26. The summed E-state index contributed by atoms with van der Waals surface area (Å²) in [7, 11) is 0. The lowest BCUT2D eigenvalue weighted by atomic mass is 10.3. The number of hydrogen-bond donors (Lipinski definition) is 1. The predicted molar refractivity (Wildman–Crippen MR) is 54.2 cm³/mol. The molecule has 2 rings (SSSR count). The summed E-state index contributed by atoms with van der Waals surface area (Å²) in [5.41, 5.74) is -0.0209. The Morgan fingerprint density at radius 1 is 1.19 bits per heavy atom. The summed E-state index contributed by atoms with van der Waals surface area (Å²) in [6.45, 7) is 0. The molecule has 0 unspecified atom stereocenters. The summed E-state index contributed by atoms with van der Waals surface area (Å²) >= 11 is 0. The second-order valence-corrected chi connectivity index (χ2v) is 2.87. The molecule has 1 N–H and O–H groups in total. The third-order valence-corrected chi connectivity index (χ3v) is 1.74. The minimum atomic E-state index is -0.707. The molecule has 0 spiro atoms. The molecule has 0 aliphatic carbocycles. The number of nitrogens with one attached hydrogen (secondary N) is 1. The van der Waals surface area contributed by atoms with Gasteiger partial charge in [0.05, 0.1) is 0 Å². The van der Waals surface area contributed by atoms with Crippen LogP contribution in [0.1, 0.15) is 10.5 Å². The average Bonchev–Trinajstić information content (AvgIpc) is 2.30. The molecule has 5 nitrogen and oxygen atoms in total. The van der Waals surface area contributed by atoms with Crippen molar-refractivity contribution < 1.29 is 9.18 Å². The Labute approximate surface area is 90.4 Å². The SMILES string of the molecule is O=C(Nc1ncccn1)c1cccc(F)n1. The molecule has 1 amide bonds. The Morgan fingerprint density at radius 3 is 2.62 bits per heavy atom. The van der Waals surface area contributed by atoms with E-state index in [2.05, 4.69) is 20.3 Å². The second kappa shape index (κ2) is 4.43. The van der Waals surface area contributed by atoms with Crippen molar-refractivity contribution in [1.82, 2.24) is 15.0 Å². The van der Waals surface area contributed by atoms with E-state index in [-0.39, 0.29) is 11.6 Å². The molecule has 6 heteroatoms. The molecule has 0 fully saturated rings. The van der Waals surface area contributed by atoms with Crippen molar-refractivity contribution in [2.45, 2.75) is 0 Å². The smallest absolute Gasteiger partial charge is 0.276 e. The summed E-state index contributed by atoms with van der Waals surface area (Å²) < 4.78 is 12.7. The van der Waals surface area contributed by atoms with E-state index in [1.807, 2.05) is 0 Å². The van der Waals surface area contributed by atoms with Crippen LogP contribution in [-0.2, 0) is 0 Å². The number of rotatable bonds is 2. The first-order valence-electron chi connectivity index (χ1n) is 4.46. The molecule has 0 atom stereocenters. The summed E-state index contributed by atoms with van der Waals surface area (Å²) in [6, 6.07) is 5.59. The zero-order valence-electron chi connectivity index (χ0n) is 8.09. The molecule has 0 aromatic carbocycles. The highest BCUT2D eigenvalue weighted by molar-refractivity contribution is 6.01. The summed E-state index contributed by atoms with van der Waals surface area (Å²) in [5, 5.41) is 2.40. The maximum absolute atomic E-state index is 12.7. The van der Waals surface area contributed by atoms with Gasteiger partial charge < -0.3 is 0 Å². The fraction of sp³-hybridized carbons (Fsp3) is 0. The summed E-state index contributed by atoms with van der Waals surface area (Å²) in [6.07, 6.45) is 2.98. The summed E-state index contributed by atoms with van der Waals surface area (Å²) in [4.78, 5) is 22.6. The van der Waals surface area contributed by atoms with Gasteiger partial charge in [0, 0.05) is 12.4 Å². The molecular formula is C10H7FN4O. The van der Waals surface area contributed by atoms with Crippen molar-refractivity contribution in [2.24, 2.45) is 0 Å². The molecule has 2 heterocycles. The highest BCUT2D eigenvalue weighted by atomic mass is 19.1. The standard InChI is InChI=1S/C10H7FN4O/c11-8-4-1-3-7(14-8)9(16)15-10-12-5-2-6-13-10/h1-6H,(H,12,13,15,16). The first-order valence-corrected chi connectivity index (χ1v) is 4.46. The maximum atomic E-state index is 12.7. The van der Waals surface area contributed by atoms with E-state index >= 15 is 0 Å². The van der Waals surface area contributed by atoms with E-state index in [1.165, 1.54) is 24.5 Å². The quantitative estimate of drug-likeness (QED) is 0.770. The van der Waals surface area contributed by atoms with Gasteiger partial charge in [0.2, 0.25) is 11.9 Å². The Balaban J connectivity index is 2.15. The Morgan fingerprint density at radius 2 is 1.94 bits per heavy atom. The molecule has 2 aromatic rings. The third kappa shape index (κ3) is 2.35. The van der Waals surface area contributed by atoms with Crippen molar-refractivity contribution in [3.63, 3.8) is 0 Å². The van der Waals surface area contributed by atoms with Gasteiger partial charge in [0.15, 0.2) is 0 Å². The van der Waals surface area contributed by atoms with Crippen LogP contribution in [0.25, 0.3) is 0 Å². The van der Waals surface area contributed by atoms with Crippen molar-refractivity contribution in [1.29, 1.82) is 0 Å². The van der Waals surface area contributed by atoms with Crippen LogP contribution in [0, 0.1) is 5.95 Å². The number of hydrogen-bond acceptors (Lipinski definition) is 4. The lowest BCUT2D eigenvalue weighted by Gasteiger charge is -2.01. The minimum absolute atomic E-state index is 0.0209. The zero-order valence-corrected chi connectivity index (χ0v) is 8.09. The van der Waals surface area contributed by atoms with Crippen LogP contribution in [0.4, 0.5) is 10.3 Å². The monoisotopic (exact) mass is 218 g/mol. The van der Waals surface area contributed by atoms with Crippen LogP contribution in [-0.4, -0.2) is 20.9 Å². The fourth-order valence-corrected chi connectivity index (χ4v) is 1.06. The van der Waals surface area contributed by atoms with Gasteiger partial charge in [-0.1, -0.05) is 6.07 Å². The van der Waals surface area contributed by atoms with E-state index in [0.717, 1.165) is 6.07 Å². The Hall–Kier alpha value is -2.37. The molecule has 16 heavy (non-hydrogen) atoms. The Kier molecular flexibility index (Phi) is 2.81. The molecular weight excluding hydrogens is 211 g/mol. The van der Waals surface area contributed by atoms with Crippen LogP contribution in [0.5, 0.6) is 0 Å². The molecule has 0 saturated carbocycles. The zero-order chi connectivity index (χ0) is 11.4. The van der Waals surface area contributed by atoms with Gasteiger partial charge in [-0.15, -0.1) is 0 Å². The molecule has 0 radical (unpaired) electrons. The molecule has 2 aromatic heterocycles. The molecule has 0 bridgehead atoms. The van der Waals surface area contributed by atoms with Gasteiger partial charge in [0.1, 0.15) is 5.69 Å². The molecule has 0 saturated heterocycles. The fourth-order valence-electron chi connectivity index (χ4n) is 1.06. The highest BCUT2D eigenvalue weighted by Crippen LogP contribution is 2.01. The number of carbonyl (C=O) groups is 1. The molecule has 0 aliphatic rings. The lowest BCUT2D eigenvalue weighted by molar-refractivity contribution is 0.102. The number of anilines is 1. The van der Waals surface area contributed by atoms with Crippen LogP contribution < -0.4 is 5.32 Å². The number of carbonyl (C=O) groups excluding carboxylic acids is 1. The van der Waals surface area contributed by atoms with Gasteiger partial charge in [-0.2, -0.15) is 4.39 Å². The van der Waals surface area contributed by atoms with Gasteiger partial charge in [-0.25, -0.2) is 15.0 Å². The number of pyridine rings is 1. The van der Waals surface area contributed by atoms with Gasteiger partial charge in [0.25, 0.3) is 5.91 Å².